The summed E-state index contributed by atoms with van der Waals surface area (Å²) in [4.78, 5) is -0.114. The minimum atomic E-state index is -3.91. The van der Waals surface area contributed by atoms with Gasteiger partial charge in [0, 0.05) is 22.7 Å². The summed E-state index contributed by atoms with van der Waals surface area (Å²) in [6.07, 6.45) is 0.644. The molecule has 0 aromatic heterocycles. The number of fused-ring (bicyclic) bond motifs is 2. The van der Waals surface area contributed by atoms with Crippen LogP contribution in [0.1, 0.15) is 5.56 Å². The van der Waals surface area contributed by atoms with E-state index in [0.29, 0.717) is 24.5 Å². The largest absolute Gasteiger partial charge is 0.491 e. The second-order valence-corrected chi connectivity index (χ2v) is 5.97. The maximum atomic E-state index is 11.5. The van der Waals surface area contributed by atoms with Crippen LogP contribution in [0.2, 0.25) is 0 Å². The van der Waals surface area contributed by atoms with Gasteiger partial charge in [-0.05, 0) is 6.07 Å². The SMILES string of the molecule is O=S(=O)(Cl)c1c2c(cc3c1OCO3)CCO2. The molecule has 0 saturated heterocycles. The van der Waals surface area contributed by atoms with Crippen LogP contribution in [0.15, 0.2) is 11.0 Å². The van der Waals surface area contributed by atoms with Gasteiger partial charge in [0.2, 0.25) is 6.79 Å². The second-order valence-electron chi connectivity index (χ2n) is 3.46. The Bertz CT molecular complexity index is 534. The van der Waals surface area contributed by atoms with E-state index in [2.05, 4.69) is 0 Å². The third-order valence-corrected chi connectivity index (χ3v) is 3.83. The quantitative estimate of drug-likeness (QED) is 0.714. The molecule has 5 nitrogen and oxygen atoms in total. The van der Waals surface area contributed by atoms with Crippen LogP contribution < -0.4 is 14.2 Å². The van der Waals surface area contributed by atoms with E-state index in [4.69, 9.17) is 24.9 Å². The fourth-order valence-electron chi connectivity index (χ4n) is 1.87. The Morgan fingerprint density at radius 2 is 2.00 bits per heavy atom. The van der Waals surface area contributed by atoms with Crippen molar-refractivity contribution in [3.05, 3.63) is 11.6 Å². The van der Waals surface area contributed by atoms with Gasteiger partial charge >= 0.3 is 0 Å². The van der Waals surface area contributed by atoms with Gasteiger partial charge in [-0.3, -0.25) is 0 Å². The van der Waals surface area contributed by atoms with E-state index >= 15 is 0 Å². The number of halogens is 1. The monoisotopic (exact) mass is 262 g/mol. The summed E-state index contributed by atoms with van der Waals surface area (Å²) in [6, 6.07) is 1.73. The molecule has 0 amide bonds. The van der Waals surface area contributed by atoms with Crippen molar-refractivity contribution in [3.63, 3.8) is 0 Å². The minimum absolute atomic E-state index is 0.00235. The predicted octanol–water partition coefficient (Wildman–Crippen LogP) is 1.28. The summed E-state index contributed by atoms with van der Waals surface area (Å²) in [7, 11) is 1.47. The molecule has 7 heteroatoms. The molecule has 0 fully saturated rings. The molecule has 1 aromatic rings. The summed E-state index contributed by atoms with van der Waals surface area (Å²) >= 11 is 0. The van der Waals surface area contributed by atoms with E-state index in [1.165, 1.54) is 0 Å². The summed E-state index contributed by atoms with van der Waals surface area (Å²) in [5.41, 5.74) is 0.781. The zero-order chi connectivity index (χ0) is 11.3. The lowest BCUT2D eigenvalue weighted by molar-refractivity contribution is 0.171. The van der Waals surface area contributed by atoms with Gasteiger partial charge in [-0.15, -0.1) is 0 Å². The van der Waals surface area contributed by atoms with Gasteiger partial charge in [-0.25, -0.2) is 8.42 Å². The van der Waals surface area contributed by atoms with Crippen LogP contribution in [0.3, 0.4) is 0 Å². The highest BCUT2D eigenvalue weighted by Crippen LogP contribution is 2.48. The predicted molar refractivity (Wildman–Crippen MR) is 54.8 cm³/mol. The van der Waals surface area contributed by atoms with E-state index in [1.54, 1.807) is 6.07 Å². The van der Waals surface area contributed by atoms with Crippen molar-refractivity contribution in [2.24, 2.45) is 0 Å². The smallest absolute Gasteiger partial charge is 0.268 e. The van der Waals surface area contributed by atoms with Crippen LogP contribution in [0.25, 0.3) is 0 Å². The van der Waals surface area contributed by atoms with E-state index in [-0.39, 0.29) is 17.4 Å². The van der Waals surface area contributed by atoms with Gasteiger partial charge in [-0.2, -0.15) is 0 Å². The fourth-order valence-corrected chi connectivity index (χ4v) is 3.09. The Morgan fingerprint density at radius 1 is 1.19 bits per heavy atom. The van der Waals surface area contributed by atoms with Crippen molar-refractivity contribution < 1.29 is 22.6 Å². The highest BCUT2D eigenvalue weighted by Gasteiger charge is 2.34. The molecule has 2 aliphatic rings. The lowest BCUT2D eigenvalue weighted by Crippen LogP contribution is -1.99. The van der Waals surface area contributed by atoms with Gasteiger partial charge in [0.15, 0.2) is 16.4 Å². The van der Waals surface area contributed by atoms with Crippen molar-refractivity contribution in [1.82, 2.24) is 0 Å². The Balaban J connectivity index is 2.37. The van der Waals surface area contributed by atoms with Gasteiger partial charge < -0.3 is 14.2 Å². The maximum Gasteiger partial charge on any atom is 0.268 e. The lowest BCUT2D eigenvalue weighted by Gasteiger charge is -2.07. The zero-order valence-corrected chi connectivity index (χ0v) is 9.60. The first-order chi connectivity index (χ1) is 7.57. The lowest BCUT2D eigenvalue weighted by atomic mass is 10.1. The van der Waals surface area contributed by atoms with Gasteiger partial charge in [0.1, 0.15) is 5.75 Å². The average molecular weight is 263 g/mol. The topological polar surface area (TPSA) is 61.8 Å². The number of hydrogen-bond acceptors (Lipinski definition) is 5. The molecule has 0 atom stereocenters. The summed E-state index contributed by atoms with van der Waals surface area (Å²) in [5, 5.41) is 0. The minimum Gasteiger partial charge on any atom is -0.491 e. The molecule has 2 aliphatic heterocycles. The number of rotatable bonds is 1. The van der Waals surface area contributed by atoms with Crippen molar-refractivity contribution in [3.8, 4) is 17.2 Å². The molecule has 0 N–H and O–H groups in total. The first-order valence-corrected chi connectivity index (χ1v) is 6.91. The molecule has 3 rings (SSSR count). The van der Waals surface area contributed by atoms with E-state index in [0.717, 1.165) is 5.56 Å². The first kappa shape index (κ1) is 10.0. The van der Waals surface area contributed by atoms with E-state index in [1.807, 2.05) is 0 Å². The molecule has 0 aliphatic carbocycles. The number of ether oxygens (including phenoxy) is 3. The molecule has 0 saturated carbocycles. The Hall–Kier alpha value is -1.14. The van der Waals surface area contributed by atoms with Crippen LogP contribution >= 0.6 is 10.7 Å². The van der Waals surface area contributed by atoms with Crippen molar-refractivity contribution in [2.45, 2.75) is 11.3 Å². The second kappa shape index (κ2) is 3.18. The molecule has 2 heterocycles. The fraction of sp³-hybridized carbons (Fsp3) is 0.333. The molecule has 0 radical (unpaired) electrons. The Labute approximate surface area is 96.3 Å². The first-order valence-electron chi connectivity index (χ1n) is 4.60. The molecule has 16 heavy (non-hydrogen) atoms. The normalized spacial score (nSPS) is 17.1. The molecular weight excluding hydrogens is 256 g/mol. The highest BCUT2D eigenvalue weighted by atomic mass is 35.7. The Morgan fingerprint density at radius 3 is 2.75 bits per heavy atom. The van der Waals surface area contributed by atoms with Gasteiger partial charge in [0.05, 0.1) is 6.61 Å². The van der Waals surface area contributed by atoms with Gasteiger partial charge in [-0.1, -0.05) is 0 Å². The number of benzene rings is 1. The standard InChI is InChI=1S/C9H7ClO5S/c10-16(11,12)9-7-5(1-2-13-7)3-6-8(9)15-4-14-6/h3H,1-2,4H2. The average Bonchev–Trinajstić information content (AvgIpc) is 2.77. The third-order valence-electron chi connectivity index (χ3n) is 2.51. The van der Waals surface area contributed by atoms with Crippen molar-refractivity contribution in [1.29, 1.82) is 0 Å². The van der Waals surface area contributed by atoms with Crippen LogP contribution in [0.4, 0.5) is 0 Å². The molecule has 1 aromatic carbocycles. The van der Waals surface area contributed by atoms with Crippen LogP contribution in [0.5, 0.6) is 17.2 Å². The Kier molecular flexibility index (Phi) is 1.99. The summed E-state index contributed by atoms with van der Waals surface area (Å²) < 4.78 is 38.6. The van der Waals surface area contributed by atoms with E-state index < -0.39 is 9.05 Å². The molecule has 0 bridgehead atoms. The summed E-state index contributed by atoms with van der Waals surface area (Å²) in [6.45, 7) is 0.440. The molecular formula is C9H7ClO5S. The zero-order valence-electron chi connectivity index (χ0n) is 8.03. The molecule has 0 unspecified atom stereocenters. The highest BCUT2D eigenvalue weighted by molar-refractivity contribution is 8.14. The van der Waals surface area contributed by atoms with E-state index in [9.17, 15) is 8.42 Å². The van der Waals surface area contributed by atoms with Gasteiger partial charge in [0.25, 0.3) is 9.05 Å². The maximum absolute atomic E-state index is 11.5. The number of hydrogen-bond donors (Lipinski definition) is 0. The van der Waals surface area contributed by atoms with Crippen molar-refractivity contribution >= 4 is 19.7 Å². The summed E-state index contributed by atoms with van der Waals surface area (Å²) in [5.74, 6) is 0.846. The van der Waals surface area contributed by atoms with Crippen LogP contribution in [-0.4, -0.2) is 21.8 Å². The van der Waals surface area contributed by atoms with Crippen LogP contribution in [0, 0.1) is 0 Å². The third kappa shape index (κ3) is 1.33. The van der Waals surface area contributed by atoms with Crippen LogP contribution in [-0.2, 0) is 15.5 Å². The van der Waals surface area contributed by atoms with Crippen molar-refractivity contribution in [2.75, 3.05) is 13.4 Å². The molecule has 0 spiro atoms. The molecule has 86 valence electrons.